The number of hydrogen-bond donors (Lipinski definition) is 2. The summed E-state index contributed by atoms with van der Waals surface area (Å²) in [6.07, 6.45) is 4.48. The van der Waals surface area contributed by atoms with Crippen molar-refractivity contribution in [2.24, 2.45) is 13.0 Å². The van der Waals surface area contributed by atoms with Crippen molar-refractivity contribution in [1.82, 2.24) is 19.8 Å². The summed E-state index contributed by atoms with van der Waals surface area (Å²) in [6, 6.07) is 12.2. The molecule has 1 atom stereocenters. The third-order valence-corrected chi connectivity index (χ3v) is 7.18. The average molecular weight is 435 g/mol. The van der Waals surface area contributed by atoms with Crippen LogP contribution in [0, 0.1) is 5.92 Å². The SMILES string of the molecule is Cn1c(C(=O)N2CCCC(C(=O)NCCc3c[nH]c4ccccc34)C2)cc2sccc21. The van der Waals surface area contributed by atoms with Crippen molar-refractivity contribution in [3.05, 3.63) is 59.2 Å². The van der Waals surface area contributed by atoms with Gasteiger partial charge < -0.3 is 19.8 Å². The number of hydrogen-bond acceptors (Lipinski definition) is 3. The molecule has 1 saturated heterocycles. The molecule has 7 heteroatoms. The largest absolute Gasteiger partial charge is 0.361 e. The summed E-state index contributed by atoms with van der Waals surface area (Å²) >= 11 is 1.64. The molecule has 1 fully saturated rings. The number of aromatic amines is 1. The fourth-order valence-electron chi connectivity index (χ4n) is 4.60. The number of para-hydroxylation sites is 1. The Bertz CT molecular complexity index is 1250. The van der Waals surface area contributed by atoms with Gasteiger partial charge in [0.05, 0.1) is 16.1 Å². The van der Waals surface area contributed by atoms with E-state index < -0.39 is 0 Å². The van der Waals surface area contributed by atoms with Gasteiger partial charge in [-0.25, -0.2) is 0 Å². The third-order valence-electron chi connectivity index (χ3n) is 6.33. The Labute approximate surface area is 184 Å². The van der Waals surface area contributed by atoms with Crippen LogP contribution in [0.4, 0.5) is 0 Å². The van der Waals surface area contributed by atoms with Crippen molar-refractivity contribution in [1.29, 1.82) is 0 Å². The van der Waals surface area contributed by atoms with Gasteiger partial charge in [-0.05, 0) is 48.4 Å². The maximum atomic E-state index is 13.1. The van der Waals surface area contributed by atoms with Gasteiger partial charge in [-0.3, -0.25) is 9.59 Å². The van der Waals surface area contributed by atoms with E-state index >= 15 is 0 Å². The Kier molecular flexibility index (Phi) is 5.28. The van der Waals surface area contributed by atoms with Crippen molar-refractivity contribution < 1.29 is 9.59 Å². The zero-order valence-electron chi connectivity index (χ0n) is 17.6. The molecule has 4 heterocycles. The number of H-pyrrole nitrogens is 1. The summed E-state index contributed by atoms with van der Waals surface area (Å²) in [4.78, 5) is 31.0. The van der Waals surface area contributed by atoms with E-state index in [4.69, 9.17) is 0 Å². The second-order valence-corrected chi connectivity index (χ2v) is 9.20. The van der Waals surface area contributed by atoms with Crippen LogP contribution in [0.15, 0.2) is 48.0 Å². The molecule has 2 N–H and O–H groups in total. The van der Waals surface area contributed by atoms with Gasteiger partial charge >= 0.3 is 0 Å². The first-order valence-corrected chi connectivity index (χ1v) is 11.6. The number of nitrogens with one attached hydrogen (secondary N) is 2. The monoisotopic (exact) mass is 434 g/mol. The number of fused-ring (bicyclic) bond motifs is 2. The molecule has 160 valence electrons. The fraction of sp³-hybridized carbons (Fsp3) is 0.333. The molecular formula is C24H26N4O2S. The summed E-state index contributed by atoms with van der Waals surface area (Å²) in [5, 5.41) is 6.33. The summed E-state index contributed by atoms with van der Waals surface area (Å²) in [5.74, 6) is -0.0885. The van der Waals surface area contributed by atoms with Gasteiger partial charge in [0, 0.05) is 43.8 Å². The lowest BCUT2D eigenvalue weighted by Crippen LogP contribution is -2.46. The molecule has 31 heavy (non-hydrogen) atoms. The summed E-state index contributed by atoms with van der Waals surface area (Å²) in [6.45, 7) is 1.78. The summed E-state index contributed by atoms with van der Waals surface area (Å²) in [7, 11) is 1.93. The number of carbonyl (C=O) groups is 2. The normalized spacial score (nSPS) is 16.8. The molecule has 1 aromatic carbocycles. The molecule has 4 aromatic rings. The lowest BCUT2D eigenvalue weighted by atomic mass is 9.96. The van der Waals surface area contributed by atoms with Gasteiger partial charge in [-0.15, -0.1) is 11.3 Å². The molecule has 2 amide bonds. The quantitative estimate of drug-likeness (QED) is 0.500. The van der Waals surface area contributed by atoms with Crippen molar-refractivity contribution in [2.75, 3.05) is 19.6 Å². The molecule has 0 aliphatic carbocycles. The van der Waals surface area contributed by atoms with Crippen molar-refractivity contribution in [2.45, 2.75) is 19.3 Å². The number of aromatic nitrogens is 2. The smallest absolute Gasteiger partial charge is 0.270 e. The van der Waals surface area contributed by atoms with Gasteiger partial charge in [-0.1, -0.05) is 18.2 Å². The van der Waals surface area contributed by atoms with E-state index in [1.807, 2.05) is 52.4 Å². The number of thiophene rings is 1. The van der Waals surface area contributed by atoms with Gasteiger partial charge in [-0.2, -0.15) is 0 Å². The zero-order chi connectivity index (χ0) is 21.4. The number of carbonyl (C=O) groups excluding carboxylic acids is 2. The molecular weight excluding hydrogens is 408 g/mol. The van der Waals surface area contributed by atoms with Gasteiger partial charge in [0.15, 0.2) is 0 Å². The maximum Gasteiger partial charge on any atom is 0.270 e. The van der Waals surface area contributed by atoms with Crippen LogP contribution < -0.4 is 5.32 Å². The highest BCUT2D eigenvalue weighted by Gasteiger charge is 2.30. The number of likely N-dealkylation sites (tertiary alicyclic amines) is 1. The maximum absolute atomic E-state index is 13.1. The molecule has 1 aliphatic rings. The topological polar surface area (TPSA) is 70.1 Å². The summed E-state index contributed by atoms with van der Waals surface area (Å²) in [5.41, 5.74) is 4.10. The van der Waals surface area contributed by atoms with Crippen LogP contribution in [0.25, 0.3) is 21.1 Å². The second kappa shape index (κ2) is 8.23. The average Bonchev–Trinajstić information content (AvgIpc) is 3.50. The first-order chi connectivity index (χ1) is 15.1. The van der Waals surface area contributed by atoms with Crippen LogP contribution in [-0.2, 0) is 18.3 Å². The minimum absolute atomic E-state index is 0.0159. The fourth-order valence-corrected chi connectivity index (χ4v) is 5.45. The summed E-state index contributed by atoms with van der Waals surface area (Å²) < 4.78 is 3.08. The standard InChI is InChI=1S/C24H26N4O2S/c1-27-20-9-12-31-22(20)13-21(27)24(30)28-11-4-5-17(15-28)23(29)25-10-8-16-14-26-19-7-3-2-6-18(16)19/h2-3,6-7,9,12-14,17,26H,4-5,8,10-11,15H2,1H3,(H,25,29). The van der Waals surface area contributed by atoms with Crippen LogP contribution in [0.1, 0.15) is 28.9 Å². The number of piperidine rings is 1. The van der Waals surface area contributed by atoms with Crippen LogP contribution in [0.3, 0.4) is 0 Å². The van der Waals surface area contributed by atoms with Crippen LogP contribution >= 0.6 is 11.3 Å². The minimum atomic E-state index is -0.151. The Hall–Kier alpha value is -3.06. The molecule has 1 aliphatic heterocycles. The first kappa shape index (κ1) is 19.9. The Morgan fingerprint density at radius 1 is 1.26 bits per heavy atom. The molecule has 6 nitrogen and oxygen atoms in total. The lowest BCUT2D eigenvalue weighted by molar-refractivity contribution is -0.126. The number of nitrogens with zero attached hydrogens (tertiary/aromatic N) is 2. The molecule has 5 rings (SSSR count). The van der Waals surface area contributed by atoms with E-state index in [2.05, 4.69) is 22.4 Å². The Balaban J connectivity index is 1.19. The highest BCUT2D eigenvalue weighted by molar-refractivity contribution is 7.17. The van der Waals surface area contributed by atoms with Crippen molar-refractivity contribution >= 4 is 44.3 Å². The van der Waals surface area contributed by atoms with Crippen molar-refractivity contribution in [3.63, 3.8) is 0 Å². The Morgan fingerprint density at radius 2 is 2.13 bits per heavy atom. The van der Waals surface area contributed by atoms with E-state index in [1.54, 1.807) is 11.3 Å². The number of benzene rings is 1. The predicted molar refractivity (Wildman–Crippen MR) is 124 cm³/mol. The number of amides is 2. The predicted octanol–water partition coefficient (Wildman–Crippen LogP) is 3.93. The van der Waals surface area contributed by atoms with E-state index in [0.717, 1.165) is 35.0 Å². The van der Waals surface area contributed by atoms with E-state index in [9.17, 15) is 9.59 Å². The van der Waals surface area contributed by atoms with Crippen LogP contribution in [0.2, 0.25) is 0 Å². The first-order valence-electron chi connectivity index (χ1n) is 10.8. The highest BCUT2D eigenvalue weighted by Crippen LogP contribution is 2.26. The molecule has 3 aromatic heterocycles. The Morgan fingerprint density at radius 3 is 3.00 bits per heavy atom. The lowest BCUT2D eigenvalue weighted by Gasteiger charge is -2.32. The molecule has 0 spiro atoms. The van der Waals surface area contributed by atoms with E-state index in [-0.39, 0.29) is 17.7 Å². The van der Waals surface area contributed by atoms with E-state index in [0.29, 0.717) is 25.3 Å². The van der Waals surface area contributed by atoms with Gasteiger partial charge in [0.25, 0.3) is 5.91 Å². The van der Waals surface area contributed by atoms with Crippen LogP contribution in [0.5, 0.6) is 0 Å². The van der Waals surface area contributed by atoms with Crippen molar-refractivity contribution in [3.8, 4) is 0 Å². The second-order valence-electron chi connectivity index (χ2n) is 8.25. The minimum Gasteiger partial charge on any atom is -0.361 e. The number of aryl methyl sites for hydroxylation is 1. The highest BCUT2D eigenvalue weighted by atomic mass is 32.1. The molecule has 0 bridgehead atoms. The molecule has 0 saturated carbocycles. The third kappa shape index (κ3) is 3.74. The van der Waals surface area contributed by atoms with Gasteiger partial charge in [0.2, 0.25) is 5.91 Å². The number of rotatable bonds is 5. The van der Waals surface area contributed by atoms with E-state index in [1.165, 1.54) is 10.9 Å². The molecule has 1 unspecified atom stereocenters. The van der Waals surface area contributed by atoms with Crippen LogP contribution in [-0.4, -0.2) is 45.9 Å². The van der Waals surface area contributed by atoms with Gasteiger partial charge in [0.1, 0.15) is 5.69 Å². The molecule has 0 radical (unpaired) electrons. The zero-order valence-corrected chi connectivity index (χ0v) is 18.4.